The lowest BCUT2D eigenvalue weighted by Gasteiger charge is -2.48. The third kappa shape index (κ3) is 9.42. The minimum atomic E-state index is -0.795. The molecule has 19 rings (SSSR count). The first kappa shape index (κ1) is 57.6. The molecule has 0 radical (unpaired) electrons. The Morgan fingerprint density at radius 1 is 0.229 bits per heavy atom. The number of ether oxygens (including phenoxy) is 2. The molecule has 2 heteroatoms. The van der Waals surface area contributed by atoms with Crippen LogP contribution >= 0.6 is 0 Å². The molecule has 0 spiro atoms. The highest BCUT2D eigenvalue weighted by Crippen LogP contribution is 2.64. The lowest BCUT2D eigenvalue weighted by Crippen LogP contribution is -2.35. The zero-order valence-electron chi connectivity index (χ0n) is 53.1. The normalized spacial score (nSPS) is 15.3. The minimum absolute atomic E-state index is 0.0658. The van der Waals surface area contributed by atoms with E-state index < -0.39 is 10.8 Å². The van der Waals surface area contributed by atoms with E-state index in [4.69, 9.17) is 9.47 Å². The van der Waals surface area contributed by atoms with E-state index in [-0.39, 0.29) is 23.7 Å². The molecule has 13 aromatic carbocycles. The summed E-state index contributed by atoms with van der Waals surface area (Å²) < 4.78 is 11.6. The van der Waals surface area contributed by atoms with E-state index in [1.807, 2.05) is 12.1 Å². The SMILES string of the molecule is COc1cccc(C(C#Cc2ccc(C#Cc3c4c(c(C#Cc5ccc(C#CC(c6ccccc6)(c6ccccc6)c6cccc(OC)c6)cc5)c5c3C3c6ccccc6C5c5ccccc53)C3c5ccccc5C4c4ccccc43)cc2)(c2ccccc2)c2ccccc2)c1. The van der Waals surface area contributed by atoms with Gasteiger partial charge in [0.1, 0.15) is 22.3 Å². The van der Waals surface area contributed by atoms with Crippen molar-refractivity contribution in [2.75, 3.05) is 14.2 Å². The van der Waals surface area contributed by atoms with Crippen LogP contribution in [0.2, 0.25) is 0 Å². The maximum Gasteiger partial charge on any atom is 0.119 e. The molecule has 96 heavy (non-hydrogen) atoms. The van der Waals surface area contributed by atoms with E-state index in [0.29, 0.717) is 0 Å². The summed E-state index contributed by atoms with van der Waals surface area (Å²) in [7, 11) is 3.43. The van der Waals surface area contributed by atoms with Crippen molar-refractivity contribution in [2.24, 2.45) is 0 Å². The first-order chi connectivity index (χ1) is 47.5. The first-order valence-electron chi connectivity index (χ1n) is 32.9. The highest BCUT2D eigenvalue weighted by Gasteiger charge is 2.50. The van der Waals surface area contributed by atoms with Gasteiger partial charge in [0.15, 0.2) is 0 Å². The lowest BCUT2D eigenvalue weighted by molar-refractivity contribution is 0.413. The van der Waals surface area contributed by atoms with Crippen molar-refractivity contribution in [3.05, 3.63) is 449 Å². The summed E-state index contributed by atoms with van der Waals surface area (Å²) in [4.78, 5) is 0. The van der Waals surface area contributed by atoms with Crippen LogP contribution in [0.15, 0.2) is 315 Å². The van der Waals surface area contributed by atoms with Crippen molar-refractivity contribution < 1.29 is 9.47 Å². The fourth-order valence-corrected chi connectivity index (χ4v) is 16.1. The van der Waals surface area contributed by atoms with Gasteiger partial charge in [0.05, 0.1) is 14.2 Å². The Balaban J connectivity index is 0.836. The Morgan fingerprint density at radius 2 is 0.458 bits per heavy atom. The van der Waals surface area contributed by atoms with E-state index in [0.717, 1.165) is 78.3 Å². The van der Waals surface area contributed by atoms with E-state index in [1.165, 1.54) is 66.8 Å². The van der Waals surface area contributed by atoms with Crippen LogP contribution in [-0.4, -0.2) is 14.2 Å². The lowest BCUT2D eigenvalue weighted by atomic mass is 9.53. The molecule has 0 fully saturated rings. The van der Waals surface area contributed by atoms with Crippen LogP contribution < -0.4 is 9.47 Å². The van der Waals surface area contributed by atoms with Crippen molar-refractivity contribution in [2.45, 2.75) is 34.5 Å². The average molecular weight is 1220 g/mol. The van der Waals surface area contributed by atoms with Crippen LogP contribution in [0.4, 0.5) is 0 Å². The Morgan fingerprint density at radius 3 is 0.708 bits per heavy atom. The standard InChI is InChI=1S/C94H62O2/c1-95-73-35-23-33-71(61-73)93(67-25-7-3-8-26-67,68-27-9-4-10-28-68)59-57-65-49-45-63(46-50-65)53-55-83-89-85-75-37-15-19-41-79(75)87(80-42-20-16-38-76(80)85)91(89)84(92-88-81-43-21-17-39-77(81)86(90(83)92)78-40-18-22-44-82(78)88)56-54-64-47-51-66(52-48-64)58-60-94(69-29-11-5-12-30-69,70-31-13-6-14-32-70)72-34-24-36-74(62-72)96-2/h3-52,61-62,85-88H,1-2H3. The van der Waals surface area contributed by atoms with Crippen LogP contribution in [0.5, 0.6) is 11.5 Å². The number of hydrogen-bond acceptors (Lipinski definition) is 2. The zero-order chi connectivity index (χ0) is 64.2. The van der Waals surface area contributed by atoms with Crippen molar-refractivity contribution >= 4 is 0 Å². The van der Waals surface area contributed by atoms with Crippen LogP contribution in [0.25, 0.3) is 0 Å². The first-order valence-corrected chi connectivity index (χ1v) is 32.9. The predicted molar refractivity (Wildman–Crippen MR) is 386 cm³/mol. The molecule has 6 aliphatic carbocycles. The molecule has 0 atom stereocenters. The molecule has 0 aromatic heterocycles. The highest BCUT2D eigenvalue weighted by atomic mass is 16.5. The number of methoxy groups -OCH3 is 2. The van der Waals surface area contributed by atoms with Gasteiger partial charge in [-0.3, -0.25) is 0 Å². The van der Waals surface area contributed by atoms with Crippen molar-refractivity contribution in [3.8, 4) is 58.9 Å². The molecule has 0 unspecified atom stereocenters. The second-order valence-electron chi connectivity index (χ2n) is 25.2. The molecule has 2 nitrogen and oxygen atoms in total. The topological polar surface area (TPSA) is 18.5 Å². The Labute approximate surface area is 562 Å². The molecule has 450 valence electrons. The molecule has 4 bridgehead atoms. The number of rotatable bonds is 8. The molecule has 0 aliphatic heterocycles. The zero-order valence-corrected chi connectivity index (χ0v) is 53.1. The summed E-state index contributed by atoms with van der Waals surface area (Å²) in [5, 5.41) is 0. The number of hydrogen-bond donors (Lipinski definition) is 0. The molecular formula is C94H62O2. The minimum Gasteiger partial charge on any atom is -0.497 e. The predicted octanol–water partition coefficient (Wildman–Crippen LogP) is 19.2. The quantitative estimate of drug-likeness (QED) is 0.112. The van der Waals surface area contributed by atoms with Crippen molar-refractivity contribution in [1.82, 2.24) is 0 Å². The van der Waals surface area contributed by atoms with Gasteiger partial charge >= 0.3 is 0 Å². The fraction of sp³-hybridized carbons (Fsp3) is 0.0851. The Bertz CT molecular complexity index is 4820. The van der Waals surface area contributed by atoms with E-state index >= 15 is 0 Å². The van der Waals surface area contributed by atoms with Crippen LogP contribution in [-0.2, 0) is 10.8 Å². The third-order valence-corrected chi connectivity index (χ3v) is 20.3. The maximum atomic E-state index is 5.82. The third-order valence-electron chi connectivity index (χ3n) is 20.3. The molecule has 0 heterocycles. The summed E-state index contributed by atoms with van der Waals surface area (Å²) in [6.07, 6.45) is 0. The molecule has 0 saturated heterocycles. The van der Waals surface area contributed by atoms with Gasteiger partial charge in [-0.1, -0.05) is 290 Å². The summed E-state index contributed by atoms with van der Waals surface area (Å²) in [6, 6.07) is 113. The molecule has 13 aromatic rings. The van der Waals surface area contributed by atoms with Crippen molar-refractivity contribution in [1.29, 1.82) is 0 Å². The van der Waals surface area contributed by atoms with Gasteiger partial charge in [-0.05, 0) is 173 Å². The monoisotopic (exact) mass is 1220 g/mol. The van der Waals surface area contributed by atoms with Crippen LogP contribution in [0.3, 0.4) is 0 Å². The average Bonchev–Trinajstić information content (AvgIpc) is 0.668. The van der Waals surface area contributed by atoms with Crippen LogP contribution in [0, 0.1) is 47.4 Å². The fourth-order valence-electron chi connectivity index (χ4n) is 16.1. The van der Waals surface area contributed by atoms with Gasteiger partial charge < -0.3 is 9.47 Å². The van der Waals surface area contributed by atoms with Gasteiger partial charge in [0.25, 0.3) is 0 Å². The summed E-state index contributed by atoms with van der Waals surface area (Å²) in [5.41, 5.74) is 26.4. The molecule has 0 saturated carbocycles. The molecule has 6 aliphatic rings. The van der Waals surface area contributed by atoms with E-state index in [9.17, 15) is 0 Å². The van der Waals surface area contributed by atoms with Gasteiger partial charge in [0.2, 0.25) is 0 Å². The molecule has 0 amide bonds. The Hall–Kier alpha value is -12.3. The molecule has 0 N–H and O–H groups in total. The molecular weight excluding hydrogens is 1160 g/mol. The maximum absolute atomic E-state index is 5.82. The van der Waals surface area contributed by atoms with Gasteiger partial charge in [-0.2, -0.15) is 0 Å². The summed E-state index contributed by atoms with van der Waals surface area (Å²) in [5.74, 6) is 32.2. The van der Waals surface area contributed by atoms with Gasteiger partial charge in [-0.15, -0.1) is 0 Å². The Kier molecular flexibility index (Phi) is 14.4. The summed E-state index contributed by atoms with van der Waals surface area (Å²) >= 11 is 0. The van der Waals surface area contributed by atoms with Crippen LogP contribution in [0.1, 0.15) is 157 Å². The second-order valence-corrected chi connectivity index (χ2v) is 25.2. The smallest absolute Gasteiger partial charge is 0.119 e. The van der Waals surface area contributed by atoms with Gasteiger partial charge in [-0.25, -0.2) is 0 Å². The highest BCUT2D eigenvalue weighted by molar-refractivity contribution is 5.83. The summed E-state index contributed by atoms with van der Waals surface area (Å²) in [6.45, 7) is 0. The van der Waals surface area contributed by atoms with E-state index in [1.54, 1.807) is 14.2 Å². The largest absolute Gasteiger partial charge is 0.497 e. The van der Waals surface area contributed by atoms with E-state index in [2.05, 4.69) is 351 Å². The van der Waals surface area contributed by atoms with Crippen molar-refractivity contribution in [3.63, 3.8) is 0 Å². The second kappa shape index (κ2) is 24.0. The van der Waals surface area contributed by atoms with Gasteiger partial charge in [0, 0.05) is 57.1 Å². The number of benzene rings is 13.